The first kappa shape index (κ1) is 25.9. The Labute approximate surface area is 207 Å². The maximum Gasteiger partial charge on any atom is 0.410 e. The summed E-state index contributed by atoms with van der Waals surface area (Å²) in [4.78, 5) is 31.7. The molecule has 0 saturated carbocycles. The van der Waals surface area contributed by atoms with Crippen LogP contribution in [0.3, 0.4) is 0 Å². The molecule has 6 nitrogen and oxygen atoms in total. The summed E-state index contributed by atoms with van der Waals surface area (Å²) in [6.07, 6.45) is 4.16. The molecule has 35 heavy (non-hydrogen) atoms. The van der Waals surface area contributed by atoms with E-state index < -0.39 is 18.1 Å². The summed E-state index contributed by atoms with van der Waals surface area (Å²) in [5, 5.41) is 0. The number of benzene rings is 2. The number of aromatic nitrogens is 1. The molecule has 0 aliphatic heterocycles. The van der Waals surface area contributed by atoms with Gasteiger partial charge in [0.2, 0.25) is 0 Å². The number of hydrogen-bond acceptors (Lipinski definition) is 5. The van der Waals surface area contributed by atoms with Gasteiger partial charge in [0.05, 0.1) is 6.61 Å². The van der Waals surface area contributed by atoms with Crippen LogP contribution in [0, 0.1) is 5.92 Å². The van der Waals surface area contributed by atoms with E-state index in [0.717, 1.165) is 22.3 Å². The Hall–Kier alpha value is -3.67. The van der Waals surface area contributed by atoms with Crippen molar-refractivity contribution in [2.75, 3.05) is 13.2 Å². The second kappa shape index (κ2) is 13.3. The van der Waals surface area contributed by atoms with E-state index in [0.29, 0.717) is 19.4 Å². The van der Waals surface area contributed by atoms with Gasteiger partial charge < -0.3 is 9.47 Å². The van der Waals surface area contributed by atoms with Crippen molar-refractivity contribution in [2.45, 2.75) is 46.3 Å². The first-order valence-electron chi connectivity index (χ1n) is 12.1. The summed E-state index contributed by atoms with van der Waals surface area (Å²) in [7, 11) is 0. The van der Waals surface area contributed by atoms with Crippen LogP contribution in [0.5, 0.6) is 0 Å². The lowest BCUT2D eigenvalue weighted by molar-refractivity contribution is -0.151. The summed E-state index contributed by atoms with van der Waals surface area (Å²) in [5.74, 6) is -0.220. The Kier molecular flexibility index (Phi) is 9.84. The number of pyridine rings is 1. The maximum atomic E-state index is 13.1. The molecule has 0 unspecified atom stereocenters. The van der Waals surface area contributed by atoms with Crippen LogP contribution in [-0.2, 0) is 27.3 Å². The highest BCUT2D eigenvalue weighted by Crippen LogP contribution is 2.20. The fourth-order valence-corrected chi connectivity index (χ4v) is 3.85. The molecule has 0 saturated heterocycles. The van der Waals surface area contributed by atoms with Crippen LogP contribution in [0.4, 0.5) is 4.79 Å². The maximum absolute atomic E-state index is 13.1. The molecule has 1 amide bonds. The zero-order chi connectivity index (χ0) is 25.0. The highest BCUT2D eigenvalue weighted by Gasteiger charge is 2.32. The van der Waals surface area contributed by atoms with Gasteiger partial charge in [-0.2, -0.15) is 0 Å². The predicted molar refractivity (Wildman–Crippen MR) is 137 cm³/mol. The third-order valence-electron chi connectivity index (χ3n) is 5.66. The van der Waals surface area contributed by atoms with Crippen LogP contribution in [0.25, 0.3) is 11.1 Å². The Morgan fingerprint density at radius 2 is 1.63 bits per heavy atom. The molecule has 6 heteroatoms. The summed E-state index contributed by atoms with van der Waals surface area (Å²) in [6.45, 7) is 6.57. The van der Waals surface area contributed by atoms with Crippen molar-refractivity contribution in [3.8, 4) is 11.1 Å². The highest BCUT2D eigenvalue weighted by atomic mass is 16.6. The van der Waals surface area contributed by atoms with Crippen LogP contribution in [0.15, 0.2) is 79.1 Å². The molecule has 3 rings (SSSR count). The molecule has 2 aromatic carbocycles. The molecule has 1 aromatic heterocycles. The fourth-order valence-electron chi connectivity index (χ4n) is 3.85. The topological polar surface area (TPSA) is 68.7 Å². The quantitative estimate of drug-likeness (QED) is 0.323. The second-order valence-corrected chi connectivity index (χ2v) is 8.82. The highest BCUT2D eigenvalue weighted by molar-refractivity contribution is 5.81. The van der Waals surface area contributed by atoms with E-state index in [-0.39, 0.29) is 19.1 Å². The van der Waals surface area contributed by atoms with Crippen molar-refractivity contribution in [2.24, 2.45) is 5.92 Å². The van der Waals surface area contributed by atoms with Crippen LogP contribution in [0.1, 0.15) is 38.3 Å². The molecular weight excluding hydrogens is 440 g/mol. The Balaban J connectivity index is 1.72. The number of amides is 1. The number of esters is 1. The number of carbonyl (C=O) groups is 2. The van der Waals surface area contributed by atoms with Gasteiger partial charge in [0, 0.05) is 18.9 Å². The number of hydrogen-bond donors (Lipinski definition) is 0. The second-order valence-electron chi connectivity index (χ2n) is 8.82. The molecule has 0 bridgehead atoms. The van der Waals surface area contributed by atoms with Gasteiger partial charge in [0.25, 0.3) is 0 Å². The first-order valence-corrected chi connectivity index (χ1v) is 12.1. The van der Waals surface area contributed by atoms with Crippen LogP contribution >= 0.6 is 0 Å². The molecule has 0 aliphatic carbocycles. The van der Waals surface area contributed by atoms with Gasteiger partial charge >= 0.3 is 12.1 Å². The van der Waals surface area contributed by atoms with E-state index in [1.165, 1.54) is 4.90 Å². The molecule has 1 heterocycles. The van der Waals surface area contributed by atoms with Crippen molar-refractivity contribution in [3.63, 3.8) is 0 Å². The molecular formula is C29H34N2O4. The lowest BCUT2D eigenvalue weighted by Crippen LogP contribution is -2.47. The largest absolute Gasteiger partial charge is 0.459 e. The minimum absolute atomic E-state index is 0.167. The summed E-state index contributed by atoms with van der Waals surface area (Å²) < 4.78 is 10.9. The molecule has 0 N–H and O–H groups in total. The van der Waals surface area contributed by atoms with E-state index in [4.69, 9.17) is 9.47 Å². The molecule has 1 atom stereocenters. The van der Waals surface area contributed by atoms with Crippen LogP contribution in [0.2, 0.25) is 0 Å². The Morgan fingerprint density at radius 1 is 0.886 bits per heavy atom. The SMILES string of the molecule is CCOC(=O)N(CCc1ccc(-c2cccnc2)cc1)[C@@H](CC(C)C)C(=O)OCc1ccccc1. The number of nitrogens with zero attached hydrogens (tertiary/aromatic N) is 2. The van der Waals surface area contributed by atoms with Crippen molar-refractivity contribution < 1.29 is 19.1 Å². The Morgan fingerprint density at radius 3 is 2.26 bits per heavy atom. The van der Waals surface area contributed by atoms with Crippen molar-refractivity contribution in [1.29, 1.82) is 0 Å². The molecule has 0 radical (unpaired) electrons. The van der Waals surface area contributed by atoms with E-state index in [2.05, 4.69) is 4.98 Å². The normalized spacial score (nSPS) is 11.7. The molecule has 0 aliphatic rings. The van der Waals surface area contributed by atoms with Gasteiger partial charge in [-0.3, -0.25) is 9.88 Å². The van der Waals surface area contributed by atoms with Gasteiger partial charge in [-0.15, -0.1) is 0 Å². The van der Waals surface area contributed by atoms with Gasteiger partial charge in [-0.25, -0.2) is 9.59 Å². The van der Waals surface area contributed by atoms with E-state index in [9.17, 15) is 9.59 Å². The zero-order valence-electron chi connectivity index (χ0n) is 20.7. The molecule has 0 spiro atoms. The average molecular weight is 475 g/mol. The number of ether oxygens (including phenoxy) is 2. The molecule has 0 fully saturated rings. The van der Waals surface area contributed by atoms with E-state index in [1.807, 2.05) is 86.8 Å². The van der Waals surface area contributed by atoms with Gasteiger partial charge in [-0.1, -0.05) is 74.5 Å². The zero-order valence-corrected chi connectivity index (χ0v) is 20.7. The third-order valence-corrected chi connectivity index (χ3v) is 5.66. The molecule has 3 aromatic rings. The van der Waals surface area contributed by atoms with Crippen LogP contribution in [-0.4, -0.2) is 41.1 Å². The third kappa shape index (κ3) is 7.95. The number of carbonyl (C=O) groups excluding carboxylic acids is 2. The average Bonchev–Trinajstić information content (AvgIpc) is 2.88. The van der Waals surface area contributed by atoms with E-state index in [1.54, 1.807) is 13.1 Å². The van der Waals surface area contributed by atoms with Gasteiger partial charge in [0.1, 0.15) is 12.6 Å². The fraction of sp³-hybridized carbons (Fsp3) is 0.345. The van der Waals surface area contributed by atoms with E-state index >= 15 is 0 Å². The van der Waals surface area contributed by atoms with Crippen molar-refractivity contribution >= 4 is 12.1 Å². The lowest BCUT2D eigenvalue weighted by Gasteiger charge is -2.30. The Bertz CT molecular complexity index is 1050. The summed E-state index contributed by atoms with van der Waals surface area (Å²) >= 11 is 0. The van der Waals surface area contributed by atoms with Gasteiger partial charge in [-0.05, 0) is 54.0 Å². The van der Waals surface area contributed by atoms with Crippen molar-refractivity contribution in [3.05, 3.63) is 90.3 Å². The van der Waals surface area contributed by atoms with Crippen LogP contribution < -0.4 is 0 Å². The minimum atomic E-state index is -0.715. The monoisotopic (exact) mass is 474 g/mol. The van der Waals surface area contributed by atoms with Crippen molar-refractivity contribution in [1.82, 2.24) is 9.88 Å². The lowest BCUT2D eigenvalue weighted by atomic mass is 10.0. The summed E-state index contributed by atoms with van der Waals surface area (Å²) in [6, 6.07) is 20.9. The smallest absolute Gasteiger partial charge is 0.410 e. The first-order chi connectivity index (χ1) is 17.0. The standard InChI is InChI=1S/C29H34N2O4/c1-4-34-29(33)31(18-16-23-12-14-25(15-13-23)26-11-8-17-30-20-26)27(19-22(2)3)28(32)35-21-24-9-6-5-7-10-24/h5-15,17,20,22,27H,4,16,18-19,21H2,1-3H3/t27-/m0/s1. The predicted octanol–water partition coefficient (Wildman–Crippen LogP) is 5.91. The summed E-state index contributed by atoms with van der Waals surface area (Å²) in [5.41, 5.74) is 4.09. The molecule has 184 valence electrons. The van der Waals surface area contributed by atoms with Gasteiger partial charge in [0.15, 0.2) is 0 Å². The minimum Gasteiger partial charge on any atom is -0.459 e. The number of rotatable bonds is 11.